The molecular weight excluding hydrogens is 284 g/mol. The molecule has 6 heteroatoms. The van der Waals surface area contributed by atoms with Crippen molar-refractivity contribution in [3.8, 4) is 11.4 Å². The molecule has 0 aromatic carbocycles. The van der Waals surface area contributed by atoms with Crippen LogP contribution in [0.15, 0.2) is 41.8 Å². The van der Waals surface area contributed by atoms with E-state index >= 15 is 0 Å². The van der Waals surface area contributed by atoms with Gasteiger partial charge in [-0.05, 0) is 24.1 Å². The SMILES string of the molecule is CC(C)CNC(=O)CSc1nccc(-c2ccccn2)n1. The third-order valence-corrected chi connectivity index (χ3v) is 3.46. The second kappa shape index (κ2) is 7.73. The van der Waals surface area contributed by atoms with E-state index in [0.29, 0.717) is 23.4 Å². The topological polar surface area (TPSA) is 67.8 Å². The Morgan fingerprint density at radius 3 is 2.76 bits per heavy atom. The van der Waals surface area contributed by atoms with Crippen LogP contribution in [0.1, 0.15) is 13.8 Å². The summed E-state index contributed by atoms with van der Waals surface area (Å²) in [4.78, 5) is 24.5. The summed E-state index contributed by atoms with van der Waals surface area (Å²) in [5, 5.41) is 3.45. The van der Waals surface area contributed by atoms with Gasteiger partial charge < -0.3 is 5.32 Å². The van der Waals surface area contributed by atoms with Gasteiger partial charge in [-0.15, -0.1) is 0 Å². The monoisotopic (exact) mass is 302 g/mol. The number of aromatic nitrogens is 3. The van der Waals surface area contributed by atoms with Gasteiger partial charge in [-0.25, -0.2) is 9.97 Å². The summed E-state index contributed by atoms with van der Waals surface area (Å²) in [6, 6.07) is 7.48. The van der Waals surface area contributed by atoms with Gasteiger partial charge in [-0.3, -0.25) is 9.78 Å². The first kappa shape index (κ1) is 15.4. The Morgan fingerprint density at radius 1 is 1.19 bits per heavy atom. The van der Waals surface area contributed by atoms with E-state index in [2.05, 4.69) is 34.1 Å². The molecule has 2 aromatic heterocycles. The average molecular weight is 302 g/mol. The lowest BCUT2D eigenvalue weighted by molar-refractivity contribution is -0.118. The third-order valence-electron chi connectivity index (χ3n) is 2.60. The molecule has 0 aliphatic heterocycles. The number of hydrogen-bond donors (Lipinski definition) is 1. The lowest BCUT2D eigenvalue weighted by Crippen LogP contribution is -2.28. The van der Waals surface area contributed by atoms with Crippen LogP contribution in [0.25, 0.3) is 11.4 Å². The number of nitrogens with one attached hydrogen (secondary N) is 1. The molecule has 2 heterocycles. The van der Waals surface area contributed by atoms with Crippen molar-refractivity contribution in [2.24, 2.45) is 5.92 Å². The van der Waals surface area contributed by atoms with E-state index in [1.165, 1.54) is 11.8 Å². The minimum Gasteiger partial charge on any atom is -0.355 e. The minimum absolute atomic E-state index is 0.000499. The molecule has 21 heavy (non-hydrogen) atoms. The zero-order valence-corrected chi connectivity index (χ0v) is 12.9. The summed E-state index contributed by atoms with van der Waals surface area (Å²) in [5.41, 5.74) is 1.56. The summed E-state index contributed by atoms with van der Waals surface area (Å²) < 4.78 is 0. The Bertz CT molecular complexity index is 589. The number of rotatable bonds is 6. The quantitative estimate of drug-likeness (QED) is 0.655. The molecule has 0 fully saturated rings. The predicted octanol–water partition coefficient (Wildman–Crippen LogP) is 2.40. The average Bonchev–Trinajstić information content (AvgIpc) is 2.52. The van der Waals surface area contributed by atoms with Crippen LogP contribution < -0.4 is 5.32 Å². The van der Waals surface area contributed by atoms with Crippen LogP contribution >= 0.6 is 11.8 Å². The highest BCUT2D eigenvalue weighted by Gasteiger charge is 2.07. The first-order chi connectivity index (χ1) is 10.1. The van der Waals surface area contributed by atoms with Crippen LogP contribution in [0.4, 0.5) is 0 Å². The van der Waals surface area contributed by atoms with Crippen LogP contribution in [0.5, 0.6) is 0 Å². The van der Waals surface area contributed by atoms with Crippen molar-refractivity contribution in [3.63, 3.8) is 0 Å². The zero-order valence-electron chi connectivity index (χ0n) is 12.1. The van der Waals surface area contributed by atoms with Crippen molar-refractivity contribution in [3.05, 3.63) is 36.7 Å². The van der Waals surface area contributed by atoms with E-state index in [9.17, 15) is 4.79 Å². The van der Waals surface area contributed by atoms with Gasteiger partial charge in [0.2, 0.25) is 5.91 Å². The molecule has 2 rings (SSSR count). The first-order valence-corrected chi connectivity index (χ1v) is 7.77. The molecular formula is C15H18N4OS. The van der Waals surface area contributed by atoms with Crippen LogP contribution in [-0.2, 0) is 4.79 Å². The number of hydrogen-bond acceptors (Lipinski definition) is 5. The number of nitrogens with zero attached hydrogens (tertiary/aromatic N) is 3. The van der Waals surface area contributed by atoms with E-state index in [0.717, 1.165) is 11.4 Å². The number of amides is 1. The fourth-order valence-corrected chi connectivity index (χ4v) is 2.23. The van der Waals surface area contributed by atoms with Crippen LogP contribution in [0.2, 0.25) is 0 Å². The summed E-state index contributed by atoms with van der Waals surface area (Å²) in [5.74, 6) is 0.765. The van der Waals surface area contributed by atoms with E-state index < -0.39 is 0 Å². The fourth-order valence-electron chi connectivity index (χ4n) is 1.57. The summed E-state index contributed by atoms with van der Waals surface area (Å²) in [6.45, 7) is 4.81. The maximum Gasteiger partial charge on any atom is 0.230 e. The van der Waals surface area contributed by atoms with Gasteiger partial charge in [0.1, 0.15) is 0 Å². The number of thioether (sulfide) groups is 1. The molecule has 0 saturated heterocycles. The lowest BCUT2D eigenvalue weighted by atomic mass is 10.2. The predicted molar refractivity (Wildman–Crippen MR) is 83.8 cm³/mol. The largest absolute Gasteiger partial charge is 0.355 e. The molecule has 0 aliphatic carbocycles. The van der Waals surface area contributed by atoms with Crippen LogP contribution in [-0.4, -0.2) is 33.2 Å². The maximum atomic E-state index is 11.7. The van der Waals surface area contributed by atoms with Crippen molar-refractivity contribution in [2.75, 3.05) is 12.3 Å². The van der Waals surface area contributed by atoms with Crippen molar-refractivity contribution in [2.45, 2.75) is 19.0 Å². The van der Waals surface area contributed by atoms with Crippen molar-refractivity contribution >= 4 is 17.7 Å². The Hall–Kier alpha value is -1.95. The van der Waals surface area contributed by atoms with Crippen molar-refractivity contribution in [1.82, 2.24) is 20.3 Å². The van der Waals surface area contributed by atoms with E-state index in [-0.39, 0.29) is 5.91 Å². The van der Waals surface area contributed by atoms with Gasteiger partial charge in [0.25, 0.3) is 0 Å². The van der Waals surface area contributed by atoms with Crippen LogP contribution in [0, 0.1) is 5.92 Å². The number of carbonyl (C=O) groups excluding carboxylic acids is 1. The van der Waals surface area contributed by atoms with Crippen molar-refractivity contribution in [1.29, 1.82) is 0 Å². The molecule has 0 unspecified atom stereocenters. The molecule has 5 nitrogen and oxygen atoms in total. The Kier molecular flexibility index (Phi) is 5.68. The van der Waals surface area contributed by atoms with E-state index in [1.807, 2.05) is 24.3 Å². The van der Waals surface area contributed by atoms with Gasteiger partial charge in [-0.2, -0.15) is 0 Å². The molecule has 0 spiro atoms. The molecule has 0 saturated carbocycles. The molecule has 0 aliphatic rings. The fraction of sp³-hybridized carbons (Fsp3) is 0.333. The Morgan fingerprint density at radius 2 is 2.05 bits per heavy atom. The number of carbonyl (C=O) groups is 1. The highest BCUT2D eigenvalue weighted by molar-refractivity contribution is 7.99. The third kappa shape index (κ3) is 5.15. The van der Waals surface area contributed by atoms with Crippen molar-refractivity contribution < 1.29 is 4.79 Å². The highest BCUT2D eigenvalue weighted by atomic mass is 32.2. The number of pyridine rings is 1. The maximum absolute atomic E-state index is 11.7. The normalized spacial score (nSPS) is 10.6. The molecule has 0 atom stereocenters. The highest BCUT2D eigenvalue weighted by Crippen LogP contribution is 2.17. The molecule has 1 N–H and O–H groups in total. The Balaban J connectivity index is 1.94. The first-order valence-electron chi connectivity index (χ1n) is 6.79. The summed E-state index contributed by atoms with van der Waals surface area (Å²) in [6.07, 6.45) is 3.41. The zero-order chi connectivity index (χ0) is 15.1. The summed E-state index contributed by atoms with van der Waals surface area (Å²) in [7, 11) is 0. The van der Waals surface area contributed by atoms with Crippen LogP contribution in [0.3, 0.4) is 0 Å². The molecule has 2 aromatic rings. The Labute approximate surface area is 128 Å². The smallest absolute Gasteiger partial charge is 0.230 e. The van der Waals surface area contributed by atoms with E-state index in [1.54, 1.807) is 12.4 Å². The lowest BCUT2D eigenvalue weighted by Gasteiger charge is -2.07. The van der Waals surface area contributed by atoms with Gasteiger partial charge in [0.05, 0.1) is 17.1 Å². The molecule has 0 radical (unpaired) electrons. The van der Waals surface area contributed by atoms with Gasteiger partial charge in [-0.1, -0.05) is 31.7 Å². The molecule has 110 valence electrons. The minimum atomic E-state index is 0.000499. The summed E-state index contributed by atoms with van der Waals surface area (Å²) >= 11 is 1.33. The second-order valence-electron chi connectivity index (χ2n) is 4.93. The molecule has 0 bridgehead atoms. The second-order valence-corrected chi connectivity index (χ2v) is 5.87. The van der Waals surface area contributed by atoms with Gasteiger partial charge in [0.15, 0.2) is 5.16 Å². The standard InChI is InChI=1S/C15H18N4OS/c1-11(2)9-18-14(20)10-21-15-17-8-6-13(19-15)12-5-3-4-7-16-12/h3-8,11H,9-10H2,1-2H3,(H,18,20). The van der Waals surface area contributed by atoms with E-state index in [4.69, 9.17) is 0 Å². The van der Waals surface area contributed by atoms with Gasteiger partial charge >= 0.3 is 0 Å². The van der Waals surface area contributed by atoms with Gasteiger partial charge in [0, 0.05) is 18.9 Å². The molecule has 1 amide bonds.